The van der Waals surface area contributed by atoms with Crippen LogP contribution < -0.4 is 10.6 Å². The zero-order valence-electron chi connectivity index (χ0n) is 24.9. The number of allylic oxidation sites excluding steroid dienone is 4. The summed E-state index contributed by atoms with van der Waals surface area (Å²) in [7, 11) is 0. The molecule has 3 aromatic rings. The smallest absolute Gasteiger partial charge is 0.276 e. The van der Waals surface area contributed by atoms with Crippen LogP contribution in [0.5, 0.6) is 0 Å². The van der Waals surface area contributed by atoms with Gasteiger partial charge in [-0.15, -0.1) is 0 Å². The number of hydrogen-bond donors (Lipinski definition) is 2. The topological polar surface area (TPSA) is 92.7 Å². The van der Waals surface area contributed by atoms with Gasteiger partial charge in [-0.3, -0.25) is 9.78 Å². The van der Waals surface area contributed by atoms with Gasteiger partial charge in [-0.1, -0.05) is 57.6 Å². The van der Waals surface area contributed by atoms with Gasteiger partial charge in [0.15, 0.2) is 5.69 Å². The standard InChI is InChI=1S/C35H42N6O/c1-3-25-18-27(17-24-9-5-4-6-10-24)23(2)33(19-29(25)31-11-7-8-16-38-31)41-35(42)34-32(39-28-20-36-22-37-21-28)15-14-30(40-34)26-12-13-26/h7-8,11,14-16,19-24,26-27,39H,3-6,9-10,12-13,17-18H2,1-2H3,(H,41,42). The lowest BCUT2D eigenvalue weighted by molar-refractivity contribution is 0.0954. The maximum atomic E-state index is 14.2. The average Bonchev–Trinajstić information content (AvgIpc) is 3.89. The summed E-state index contributed by atoms with van der Waals surface area (Å²) in [6, 6.07) is 10.1. The molecule has 0 bridgehead atoms. The first-order chi connectivity index (χ1) is 20.6. The SMILES string of the molecule is CCC1=C(c2ccccn2)C=C(NC(=O)c2nc(C3CC3)ccc2Nc2cncnc2)C(C)C(CC2CCCCC2)C1. The Morgan fingerprint density at radius 3 is 2.52 bits per heavy atom. The average molecular weight is 563 g/mol. The Kier molecular flexibility index (Phi) is 8.73. The van der Waals surface area contributed by atoms with Crippen LogP contribution in [0.1, 0.15) is 106 Å². The summed E-state index contributed by atoms with van der Waals surface area (Å²) in [5.74, 6) is 1.67. The molecule has 2 fully saturated rings. The molecule has 0 saturated heterocycles. The van der Waals surface area contributed by atoms with Gasteiger partial charge in [0.1, 0.15) is 6.33 Å². The van der Waals surface area contributed by atoms with Gasteiger partial charge >= 0.3 is 0 Å². The summed E-state index contributed by atoms with van der Waals surface area (Å²) in [6.07, 6.45) is 21.1. The highest BCUT2D eigenvalue weighted by Gasteiger charge is 2.32. The molecule has 2 unspecified atom stereocenters. The lowest BCUT2D eigenvalue weighted by Crippen LogP contribution is -2.31. The Labute approximate surface area is 249 Å². The van der Waals surface area contributed by atoms with E-state index in [4.69, 9.17) is 9.97 Å². The van der Waals surface area contributed by atoms with E-state index in [9.17, 15) is 4.79 Å². The summed E-state index contributed by atoms with van der Waals surface area (Å²) >= 11 is 0. The Morgan fingerprint density at radius 1 is 1.00 bits per heavy atom. The molecule has 2 N–H and O–H groups in total. The van der Waals surface area contributed by atoms with Crippen molar-refractivity contribution in [2.75, 3.05) is 5.32 Å². The number of anilines is 2. The summed E-state index contributed by atoms with van der Waals surface area (Å²) in [5.41, 5.74) is 7.25. The largest absolute Gasteiger partial charge is 0.351 e. The Balaban J connectivity index is 1.35. The molecular formula is C35H42N6O. The maximum Gasteiger partial charge on any atom is 0.276 e. The van der Waals surface area contributed by atoms with Gasteiger partial charge < -0.3 is 10.6 Å². The van der Waals surface area contributed by atoms with Crippen molar-refractivity contribution in [2.24, 2.45) is 17.8 Å². The van der Waals surface area contributed by atoms with Crippen LogP contribution in [0.3, 0.4) is 0 Å². The van der Waals surface area contributed by atoms with E-state index in [1.54, 1.807) is 12.4 Å². The minimum absolute atomic E-state index is 0.188. The van der Waals surface area contributed by atoms with E-state index in [1.807, 2.05) is 30.5 Å². The van der Waals surface area contributed by atoms with Gasteiger partial charge in [0.25, 0.3) is 5.91 Å². The van der Waals surface area contributed by atoms with Crippen LogP contribution in [0.15, 0.2) is 72.6 Å². The third-order valence-corrected chi connectivity index (χ3v) is 9.34. The molecule has 3 heterocycles. The van der Waals surface area contributed by atoms with E-state index < -0.39 is 0 Å². The summed E-state index contributed by atoms with van der Waals surface area (Å²) in [4.78, 5) is 32.0. The zero-order valence-corrected chi connectivity index (χ0v) is 24.9. The third-order valence-electron chi connectivity index (χ3n) is 9.34. The predicted octanol–water partition coefficient (Wildman–Crippen LogP) is 7.99. The van der Waals surface area contributed by atoms with Gasteiger partial charge in [-0.2, -0.15) is 0 Å². The molecule has 3 aromatic heterocycles. The minimum atomic E-state index is -0.188. The van der Waals surface area contributed by atoms with Crippen LogP contribution in [-0.4, -0.2) is 25.8 Å². The molecule has 218 valence electrons. The Hall–Kier alpha value is -3.87. The van der Waals surface area contributed by atoms with E-state index in [-0.39, 0.29) is 11.8 Å². The van der Waals surface area contributed by atoms with Crippen molar-refractivity contribution in [3.8, 4) is 0 Å². The molecule has 0 aliphatic heterocycles. The van der Waals surface area contributed by atoms with Crippen molar-refractivity contribution in [1.29, 1.82) is 0 Å². The normalized spacial score (nSPS) is 21.4. The van der Waals surface area contributed by atoms with Crippen LogP contribution in [0.25, 0.3) is 5.57 Å². The molecule has 0 radical (unpaired) electrons. The second-order valence-corrected chi connectivity index (χ2v) is 12.3. The van der Waals surface area contributed by atoms with E-state index in [2.05, 4.69) is 46.6 Å². The fraction of sp³-hybridized carbons (Fsp3) is 0.457. The number of amides is 1. The van der Waals surface area contributed by atoms with Crippen LogP contribution in [0.2, 0.25) is 0 Å². The second kappa shape index (κ2) is 13.0. The van der Waals surface area contributed by atoms with E-state index in [0.29, 0.717) is 23.2 Å². The number of rotatable bonds is 9. The first-order valence-electron chi connectivity index (χ1n) is 15.8. The molecular weight excluding hydrogens is 520 g/mol. The fourth-order valence-corrected chi connectivity index (χ4v) is 6.71. The van der Waals surface area contributed by atoms with Crippen LogP contribution in [-0.2, 0) is 0 Å². The van der Waals surface area contributed by atoms with E-state index in [0.717, 1.165) is 59.9 Å². The second-order valence-electron chi connectivity index (χ2n) is 12.3. The number of nitrogens with one attached hydrogen (secondary N) is 2. The molecule has 7 nitrogen and oxygen atoms in total. The summed E-state index contributed by atoms with van der Waals surface area (Å²) < 4.78 is 0. The van der Waals surface area contributed by atoms with Crippen molar-refractivity contribution in [3.63, 3.8) is 0 Å². The van der Waals surface area contributed by atoms with Gasteiger partial charge in [0.05, 0.1) is 29.5 Å². The highest BCUT2D eigenvalue weighted by atomic mass is 16.1. The van der Waals surface area contributed by atoms with Crippen LogP contribution in [0, 0.1) is 17.8 Å². The molecule has 6 rings (SSSR count). The van der Waals surface area contributed by atoms with Crippen LogP contribution >= 0.6 is 0 Å². The molecule has 42 heavy (non-hydrogen) atoms. The molecule has 7 heteroatoms. The number of carbonyl (C=O) groups excluding carboxylic acids is 1. The van der Waals surface area contributed by atoms with Crippen molar-refractivity contribution in [1.82, 2.24) is 25.3 Å². The molecule has 0 aromatic carbocycles. The highest BCUT2D eigenvalue weighted by Crippen LogP contribution is 2.42. The molecule has 0 spiro atoms. The quantitative estimate of drug-likeness (QED) is 0.275. The predicted molar refractivity (Wildman–Crippen MR) is 167 cm³/mol. The lowest BCUT2D eigenvalue weighted by atomic mass is 9.76. The molecule has 3 aliphatic rings. The Bertz CT molecular complexity index is 1440. The summed E-state index contributed by atoms with van der Waals surface area (Å²) in [5, 5.41) is 6.70. The first kappa shape index (κ1) is 28.3. The monoisotopic (exact) mass is 562 g/mol. The van der Waals surface area contributed by atoms with Gasteiger partial charge in [-0.05, 0) is 80.2 Å². The number of nitrogens with zero attached hydrogens (tertiary/aromatic N) is 4. The maximum absolute atomic E-state index is 14.2. The summed E-state index contributed by atoms with van der Waals surface area (Å²) in [6.45, 7) is 4.54. The van der Waals surface area contributed by atoms with Crippen molar-refractivity contribution in [3.05, 3.63) is 89.7 Å². The highest BCUT2D eigenvalue weighted by molar-refractivity contribution is 5.99. The molecule has 1 amide bonds. The Morgan fingerprint density at radius 2 is 1.81 bits per heavy atom. The zero-order chi connectivity index (χ0) is 28.9. The van der Waals surface area contributed by atoms with Crippen LogP contribution in [0.4, 0.5) is 11.4 Å². The van der Waals surface area contributed by atoms with Crippen molar-refractivity contribution >= 4 is 22.9 Å². The van der Waals surface area contributed by atoms with E-state index in [1.165, 1.54) is 50.4 Å². The van der Waals surface area contributed by atoms with Gasteiger partial charge in [-0.25, -0.2) is 15.0 Å². The number of aromatic nitrogens is 4. The first-order valence-corrected chi connectivity index (χ1v) is 15.8. The van der Waals surface area contributed by atoms with Crippen molar-refractivity contribution in [2.45, 2.75) is 84.0 Å². The van der Waals surface area contributed by atoms with Gasteiger partial charge in [0.2, 0.25) is 0 Å². The number of hydrogen-bond acceptors (Lipinski definition) is 6. The van der Waals surface area contributed by atoms with Gasteiger partial charge in [0, 0.05) is 29.1 Å². The molecule has 2 atom stereocenters. The van der Waals surface area contributed by atoms with Crippen molar-refractivity contribution < 1.29 is 4.79 Å². The minimum Gasteiger partial charge on any atom is -0.351 e. The molecule has 2 saturated carbocycles. The molecule has 3 aliphatic carbocycles. The number of pyridine rings is 2. The van der Waals surface area contributed by atoms with E-state index >= 15 is 0 Å². The number of carbonyl (C=O) groups is 1. The third kappa shape index (κ3) is 6.61. The lowest BCUT2D eigenvalue weighted by Gasteiger charge is -2.31. The fourth-order valence-electron chi connectivity index (χ4n) is 6.71.